The fraction of sp³-hybridized carbons (Fsp3) is 0.605. The Morgan fingerprint density at radius 1 is 0.360 bits per heavy atom. The van der Waals surface area contributed by atoms with Crippen molar-refractivity contribution in [2.24, 2.45) is 0 Å². The Kier molecular flexibility index (Phi) is 61.3. The standard InChI is InChI=1S/C76H124NO8P/c1-6-8-10-12-14-16-18-20-22-24-26-28-30-32-34-36-37-38-39-41-43-45-47-49-51-53-55-57-59-61-63-65-67-69-76(79)85-74(73-84-86(80,81)83-71-70-77(3,4)5)72-82-75(78)68-66-64-62-60-58-56-54-52-50-48-46-44-42-40-35-33-31-29-27-25-23-21-19-17-15-13-11-9-7-2/h8-11,14-17,20-23,26-29,32,34,37-38,41,43,47,49,53,55,59,61,74H,6-7,12-13,18-19,24-25,30-31,33,35-36,39-40,42,44-46,48,50-52,54,56-58,60,62-73H2,1-5H3/b10-8-,11-9-,16-14-,17-15-,22-20-,23-21-,28-26-,29-27-,34-32-,38-37-,43-41-,49-47-,55-53-,61-59-. The number of unbranched alkanes of at least 4 members (excludes halogenated alkanes) is 18. The summed E-state index contributed by atoms with van der Waals surface area (Å²) in [5.41, 5.74) is 0. The topological polar surface area (TPSA) is 111 Å². The Labute approximate surface area is 528 Å². The van der Waals surface area contributed by atoms with Crippen molar-refractivity contribution < 1.29 is 42.1 Å². The Balaban J connectivity index is 4.21. The quantitative estimate of drug-likeness (QED) is 0.0195. The summed E-state index contributed by atoms with van der Waals surface area (Å²) >= 11 is 0. The van der Waals surface area contributed by atoms with E-state index >= 15 is 0 Å². The van der Waals surface area contributed by atoms with Gasteiger partial charge in [-0.25, -0.2) is 0 Å². The zero-order valence-electron chi connectivity index (χ0n) is 55.2. The summed E-state index contributed by atoms with van der Waals surface area (Å²) in [5.74, 6) is -0.893. The van der Waals surface area contributed by atoms with Gasteiger partial charge in [-0.05, 0) is 128 Å². The average Bonchev–Trinajstić information content (AvgIpc) is 3.70. The lowest BCUT2D eigenvalue weighted by atomic mass is 10.0. The van der Waals surface area contributed by atoms with Crippen molar-refractivity contribution in [2.75, 3.05) is 47.5 Å². The Morgan fingerprint density at radius 2 is 0.628 bits per heavy atom. The molecule has 0 radical (unpaired) electrons. The first-order valence-electron chi connectivity index (χ1n) is 33.8. The van der Waals surface area contributed by atoms with Crippen LogP contribution < -0.4 is 4.89 Å². The number of rotatable bonds is 60. The number of ether oxygens (including phenoxy) is 2. The SMILES string of the molecule is CC/C=C\C/C=C\C/C=C\C/C=C\C/C=C\C/C=C\C/C=C\C/C=C\C/C=C\C/C=C\CCCCC(=O)OC(COC(=O)CCCCCCCCCCCCCCCCCC/C=C\C/C=C\C/C=C\C/C=C\CC)COP(=O)([O-])OCC[N+](C)(C)C. The van der Waals surface area contributed by atoms with E-state index in [0.717, 1.165) is 128 Å². The molecule has 0 aliphatic rings. The van der Waals surface area contributed by atoms with E-state index in [9.17, 15) is 19.0 Å². The third-order valence-corrected chi connectivity index (χ3v) is 14.7. The zero-order valence-corrected chi connectivity index (χ0v) is 56.1. The van der Waals surface area contributed by atoms with E-state index in [1.165, 1.54) is 83.5 Å². The first-order valence-corrected chi connectivity index (χ1v) is 35.3. The van der Waals surface area contributed by atoms with E-state index in [1.54, 1.807) is 0 Å². The number of esters is 2. The number of phosphoric ester groups is 1. The van der Waals surface area contributed by atoms with E-state index < -0.39 is 32.5 Å². The number of carbonyl (C=O) groups is 2. The molecule has 0 bridgehead atoms. The van der Waals surface area contributed by atoms with Crippen LogP contribution in [0.5, 0.6) is 0 Å². The smallest absolute Gasteiger partial charge is 0.306 e. The normalized spacial score (nSPS) is 14.3. The monoisotopic (exact) mass is 1210 g/mol. The van der Waals surface area contributed by atoms with Crippen LogP contribution in [0.15, 0.2) is 170 Å². The van der Waals surface area contributed by atoms with Crippen LogP contribution in [0.1, 0.15) is 245 Å². The van der Waals surface area contributed by atoms with Gasteiger partial charge in [-0.3, -0.25) is 14.2 Å². The van der Waals surface area contributed by atoms with Gasteiger partial charge < -0.3 is 27.9 Å². The van der Waals surface area contributed by atoms with Crippen LogP contribution in [0.3, 0.4) is 0 Å². The Morgan fingerprint density at radius 3 is 0.953 bits per heavy atom. The summed E-state index contributed by atoms with van der Waals surface area (Å²) in [5, 5.41) is 0. The number of nitrogens with zero attached hydrogens (tertiary/aromatic N) is 1. The van der Waals surface area contributed by atoms with Crippen molar-refractivity contribution in [2.45, 2.75) is 251 Å². The molecule has 0 rings (SSSR count). The van der Waals surface area contributed by atoms with Crippen molar-refractivity contribution in [3.8, 4) is 0 Å². The molecule has 2 atom stereocenters. The van der Waals surface area contributed by atoms with Crippen LogP contribution >= 0.6 is 7.82 Å². The summed E-state index contributed by atoms with van der Waals surface area (Å²) in [7, 11) is 1.12. The highest BCUT2D eigenvalue weighted by Crippen LogP contribution is 2.38. The molecule has 0 aromatic heterocycles. The molecule has 0 saturated carbocycles. The van der Waals surface area contributed by atoms with Gasteiger partial charge in [-0.15, -0.1) is 0 Å². The largest absolute Gasteiger partial charge is 0.756 e. The van der Waals surface area contributed by atoms with Crippen molar-refractivity contribution in [3.63, 3.8) is 0 Å². The van der Waals surface area contributed by atoms with Crippen molar-refractivity contribution in [3.05, 3.63) is 170 Å². The van der Waals surface area contributed by atoms with E-state index in [1.807, 2.05) is 21.1 Å². The highest BCUT2D eigenvalue weighted by atomic mass is 31.2. The highest BCUT2D eigenvalue weighted by Gasteiger charge is 2.22. The minimum Gasteiger partial charge on any atom is -0.756 e. The fourth-order valence-electron chi connectivity index (χ4n) is 8.62. The second-order valence-corrected chi connectivity index (χ2v) is 24.5. The summed E-state index contributed by atoms with van der Waals surface area (Å²) in [6, 6.07) is 0. The molecule has 0 N–H and O–H groups in total. The summed E-state index contributed by atoms with van der Waals surface area (Å²) in [4.78, 5) is 38.0. The summed E-state index contributed by atoms with van der Waals surface area (Å²) in [6.07, 6.45) is 98.6. The van der Waals surface area contributed by atoms with E-state index in [0.29, 0.717) is 17.4 Å². The maximum absolute atomic E-state index is 12.8. The molecule has 486 valence electrons. The molecule has 0 aliphatic heterocycles. The van der Waals surface area contributed by atoms with Crippen LogP contribution in [-0.2, 0) is 32.7 Å². The minimum atomic E-state index is -4.67. The van der Waals surface area contributed by atoms with Gasteiger partial charge in [0, 0.05) is 12.8 Å². The molecule has 0 heterocycles. The van der Waals surface area contributed by atoms with Gasteiger partial charge in [0.05, 0.1) is 27.7 Å². The third kappa shape index (κ3) is 68.5. The second-order valence-electron chi connectivity index (χ2n) is 23.1. The highest BCUT2D eigenvalue weighted by molar-refractivity contribution is 7.45. The van der Waals surface area contributed by atoms with Gasteiger partial charge in [-0.1, -0.05) is 274 Å². The molecule has 0 saturated heterocycles. The molecule has 0 aromatic rings. The number of allylic oxidation sites excluding steroid dienone is 28. The maximum atomic E-state index is 12.8. The lowest BCUT2D eigenvalue weighted by Crippen LogP contribution is -2.37. The van der Waals surface area contributed by atoms with E-state index in [4.69, 9.17) is 18.5 Å². The molecular formula is C76H124NO8P. The molecule has 86 heavy (non-hydrogen) atoms. The van der Waals surface area contributed by atoms with E-state index in [-0.39, 0.29) is 26.1 Å². The average molecular weight is 1210 g/mol. The molecule has 9 nitrogen and oxygen atoms in total. The first-order chi connectivity index (χ1) is 42.0. The van der Waals surface area contributed by atoms with E-state index in [2.05, 4.69) is 184 Å². The Bertz CT molecular complexity index is 2060. The minimum absolute atomic E-state index is 0.0482. The van der Waals surface area contributed by atoms with Crippen LogP contribution in [-0.4, -0.2) is 70.0 Å². The van der Waals surface area contributed by atoms with Gasteiger partial charge in [0.1, 0.15) is 19.8 Å². The van der Waals surface area contributed by atoms with Gasteiger partial charge in [-0.2, -0.15) is 0 Å². The summed E-state index contributed by atoms with van der Waals surface area (Å²) < 4.78 is 34.2. The number of quaternary nitrogens is 1. The predicted octanol–water partition coefficient (Wildman–Crippen LogP) is 21.5. The third-order valence-electron chi connectivity index (χ3n) is 13.7. The molecule has 0 amide bonds. The lowest BCUT2D eigenvalue weighted by molar-refractivity contribution is -0.870. The first kappa shape index (κ1) is 81.4. The number of phosphoric acid groups is 1. The zero-order chi connectivity index (χ0) is 62.6. The van der Waals surface area contributed by atoms with Crippen LogP contribution in [0.25, 0.3) is 0 Å². The number of hydrogen-bond acceptors (Lipinski definition) is 8. The Hall–Kier alpha value is -4.63. The molecular weight excluding hydrogens is 1090 g/mol. The molecule has 10 heteroatoms. The van der Waals surface area contributed by atoms with Gasteiger partial charge >= 0.3 is 11.9 Å². The van der Waals surface area contributed by atoms with Gasteiger partial charge in [0.25, 0.3) is 7.82 Å². The van der Waals surface area contributed by atoms with Crippen molar-refractivity contribution in [1.29, 1.82) is 0 Å². The molecule has 0 spiro atoms. The molecule has 0 aromatic carbocycles. The fourth-order valence-corrected chi connectivity index (χ4v) is 9.35. The van der Waals surface area contributed by atoms with Gasteiger partial charge in [0.2, 0.25) is 0 Å². The maximum Gasteiger partial charge on any atom is 0.306 e. The van der Waals surface area contributed by atoms with Crippen LogP contribution in [0.2, 0.25) is 0 Å². The predicted molar refractivity (Wildman–Crippen MR) is 369 cm³/mol. The summed E-state index contributed by atoms with van der Waals surface area (Å²) in [6.45, 7) is 3.95. The molecule has 0 fully saturated rings. The van der Waals surface area contributed by atoms with Gasteiger partial charge in [0.15, 0.2) is 6.10 Å². The molecule has 0 aliphatic carbocycles. The lowest BCUT2D eigenvalue weighted by Gasteiger charge is -2.28. The van der Waals surface area contributed by atoms with Crippen LogP contribution in [0.4, 0.5) is 0 Å². The van der Waals surface area contributed by atoms with Crippen molar-refractivity contribution in [1.82, 2.24) is 0 Å². The van der Waals surface area contributed by atoms with Crippen molar-refractivity contribution >= 4 is 19.8 Å². The number of carbonyl (C=O) groups excluding carboxylic acids is 2. The number of hydrogen-bond donors (Lipinski definition) is 0. The molecule has 2 unspecified atom stereocenters. The number of likely N-dealkylation sites (N-methyl/N-ethyl adjacent to an activating group) is 1. The second kappa shape index (κ2) is 64.8. The van der Waals surface area contributed by atoms with Crippen LogP contribution in [0, 0.1) is 0 Å².